The number of rotatable bonds is 6. The van der Waals surface area contributed by atoms with Gasteiger partial charge in [-0.15, -0.1) is 0 Å². The second-order valence-electron chi connectivity index (χ2n) is 10.3. The molecule has 38 heavy (non-hydrogen) atoms. The third-order valence-electron chi connectivity index (χ3n) is 6.10. The molecule has 0 saturated carbocycles. The van der Waals surface area contributed by atoms with Crippen LogP contribution in [0.1, 0.15) is 52.0 Å². The SMILES string of the molecule is COC(=O)[C@H]1CC=CCn2cc(c3ccccc32)CC(=O)N[C@@H](CCCCNC(=O)OC(C)(C)C)C(=O)N1. The summed E-state index contributed by atoms with van der Waals surface area (Å²) in [4.78, 5) is 50.4. The van der Waals surface area contributed by atoms with Crippen molar-refractivity contribution in [1.82, 2.24) is 20.5 Å². The molecule has 0 fully saturated rings. The van der Waals surface area contributed by atoms with E-state index < -0.39 is 35.7 Å². The molecule has 206 valence electrons. The average molecular weight is 527 g/mol. The molecule has 3 rings (SSSR count). The van der Waals surface area contributed by atoms with E-state index in [0.717, 1.165) is 16.5 Å². The molecule has 0 saturated heterocycles. The molecule has 0 unspecified atom stereocenters. The number of esters is 1. The van der Waals surface area contributed by atoms with Crippen LogP contribution in [0.4, 0.5) is 4.79 Å². The topological polar surface area (TPSA) is 128 Å². The Hall–Kier alpha value is -3.82. The maximum absolute atomic E-state index is 13.2. The van der Waals surface area contributed by atoms with Crippen LogP contribution >= 0.6 is 0 Å². The summed E-state index contributed by atoms with van der Waals surface area (Å²) in [7, 11) is 1.27. The first-order valence-corrected chi connectivity index (χ1v) is 12.9. The summed E-state index contributed by atoms with van der Waals surface area (Å²) in [6.45, 7) is 6.29. The van der Waals surface area contributed by atoms with Crippen molar-refractivity contribution in [2.75, 3.05) is 13.7 Å². The van der Waals surface area contributed by atoms with Crippen LogP contribution < -0.4 is 16.0 Å². The predicted molar refractivity (Wildman–Crippen MR) is 143 cm³/mol. The second kappa shape index (κ2) is 13.1. The number of fused-ring (bicyclic) bond motifs is 5. The number of amides is 3. The Balaban J connectivity index is 1.73. The van der Waals surface area contributed by atoms with Crippen molar-refractivity contribution in [2.24, 2.45) is 0 Å². The third kappa shape index (κ3) is 8.36. The number of para-hydroxylation sites is 1. The van der Waals surface area contributed by atoms with Crippen molar-refractivity contribution >= 4 is 34.8 Å². The normalized spacial score (nSPS) is 18.7. The summed E-state index contributed by atoms with van der Waals surface area (Å²) < 4.78 is 12.2. The molecule has 2 heterocycles. The molecule has 10 nitrogen and oxygen atoms in total. The van der Waals surface area contributed by atoms with E-state index in [4.69, 9.17) is 9.47 Å². The Morgan fingerprint density at radius 3 is 2.61 bits per heavy atom. The number of hydrogen-bond acceptors (Lipinski definition) is 6. The summed E-state index contributed by atoms with van der Waals surface area (Å²) in [6, 6.07) is 6.13. The number of carbonyl (C=O) groups is 4. The maximum Gasteiger partial charge on any atom is 0.407 e. The molecule has 10 heteroatoms. The van der Waals surface area contributed by atoms with E-state index in [0.29, 0.717) is 32.4 Å². The highest BCUT2D eigenvalue weighted by molar-refractivity contribution is 5.93. The van der Waals surface area contributed by atoms with Gasteiger partial charge in [-0.05, 0) is 58.1 Å². The van der Waals surface area contributed by atoms with Crippen LogP contribution in [0.2, 0.25) is 0 Å². The van der Waals surface area contributed by atoms with E-state index in [9.17, 15) is 19.2 Å². The average Bonchev–Trinajstić information content (AvgIpc) is 3.19. The van der Waals surface area contributed by atoms with Crippen molar-refractivity contribution < 1.29 is 28.7 Å². The molecule has 1 aliphatic heterocycles. The summed E-state index contributed by atoms with van der Waals surface area (Å²) in [5.41, 5.74) is 1.29. The first-order chi connectivity index (χ1) is 18.1. The second-order valence-corrected chi connectivity index (χ2v) is 10.3. The Labute approximate surface area is 223 Å². The fourth-order valence-electron chi connectivity index (χ4n) is 4.33. The van der Waals surface area contributed by atoms with Gasteiger partial charge in [-0.1, -0.05) is 30.4 Å². The Morgan fingerprint density at radius 2 is 1.87 bits per heavy atom. The van der Waals surface area contributed by atoms with E-state index in [1.54, 1.807) is 20.8 Å². The standard InChI is InChI=1S/C28H38N4O6/c1-28(2,3)38-27(36)29-15-9-7-12-21-25(34)31-22(26(35)37-4)13-8-10-16-32-18-19(17-24(33)30-21)20-11-5-6-14-23(20)32/h5-6,8,10-11,14,18,21-22H,7,9,12-13,15-17H2,1-4H3,(H,29,36)(H,30,33)(H,31,34)/t21-,22+/m0/s1. The molecule has 0 aliphatic carbocycles. The molecule has 3 N–H and O–H groups in total. The molecular weight excluding hydrogens is 488 g/mol. The minimum atomic E-state index is -0.878. The number of ether oxygens (including phenoxy) is 2. The van der Waals surface area contributed by atoms with Gasteiger partial charge >= 0.3 is 12.1 Å². The number of nitrogens with one attached hydrogen (secondary N) is 3. The summed E-state index contributed by atoms with van der Waals surface area (Å²) in [6.07, 6.45) is 7.05. The lowest BCUT2D eigenvalue weighted by molar-refractivity contribution is -0.145. The van der Waals surface area contributed by atoms with Gasteiger partial charge in [0.05, 0.1) is 13.5 Å². The number of methoxy groups -OCH3 is 1. The molecular formula is C28H38N4O6. The molecule has 1 aliphatic rings. The zero-order valence-corrected chi connectivity index (χ0v) is 22.5. The fraction of sp³-hybridized carbons (Fsp3) is 0.500. The third-order valence-corrected chi connectivity index (χ3v) is 6.10. The lowest BCUT2D eigenvalue weighted by Crippen LogP contribution is -2.52. The van der Waals surface area contributed by atoms with Crippen molar-refractivity contribution in [3.63, 3.8) is 0 Å². The van der Waals surface area contributed by atoms with Crippen LogP contribution in [0.3, 0.4) is 0 Å². The molecule has 2 aromatic rings. The highest BCUT2D eigenvalue weighted by Crippen LogP contribution is 2.22. The zero-order chi connectivity index (χ0) is 27.7. The van der Waals surface area contributed by atoms with Gasteiger partial charge in [0.2, 0.25) is 11.8 Å². The van der Waals surface area contributed by atoms with Crippen LogP contribution in [-0.4, -0.2) is 59.8 Å². The van der Waals surface area contributed by atoms with Gasteiger partial charge in [0.1, 0.15) is 17.7 Å². The van der Waals surface area contributed by atoms with E-state index in [-0.39, 0.29) is 18.7 Å². The summed E-state index contributed by atoms with van der Waals surface area (Å²) in [5.74, 6) is -1.31. The number of alkyl carbamates (subject to hydrolysis) is 1. The molecule has 2 bridgehead atoms. The first kappa shape index (κ1) is 28.7. The Bertz CT molecular complexity index is 1180. The largest absolute Gasteiger partial charge is 0.467 e. The van der Waals surface area contributed by atoms with Crippen molar-refractivity contribution in [3.05, 3.63) is 48.2 Å². The number of aromatic nitrogens is 1. The lowest BCUT2D eigenvalue weighted by Gasteiger charge is -2.22. The van der Waals surface area contributed by atoms with Gasteiger partial charge in [0.15, 0.2) is 0 Å². The highest BCUT2D eigenvalue weighted by atomic mass is 16.6. The van der Waals surface area contributed by atoms with Gasteiger partial charge in [-0.2, -0.15) is 0 Å². The summed E-state index contributed by atoms with van der Waals surface area (Å²) >= 11 is 0. The number of nitrogens with zero attached hydrogens (tertiary/aromatic N) is 1. The molecule has 1 aromatic carbocycles. The number of unbranched alkanes of at least 4 members (excludes halogenated alkanes) is 1. The van der Waals surface area contributed by atoms with E-state index >= 15 is 0 Å². The maximum atomic E-state index is 13.2. The Morgan fingerprint density at radius 1 is 1.11 bits per heavy atom. The summed E-state index contributed by atoms with van der Waals surface area (Å²) in [5, 5.41) is 9.26. The van der Waals surface area contributed by atoms with Crippen molar-refractivity contribution in [1.29, 1.82) is 0 Å². The number of carbonyl (C=O) groups excluding carboxylic acids is 4. The molecule has 2 atom stereocenters. The van der Waals surface area contributed by atoms with E-state index in [1.165, 1.54) is 7.11 Å². The van der Waals surface area contributed by atoms with Crippen molar-refractivity contribution in [3.8, 4) is 0 Å². The van der Waals surface area contributed by atoms with E-state index in [1.807, 2.05) is 42.6 Å². The number of allylic oxidation sites excluding steroid dienone is 1. The smallest absolute Gasteiger partial charge is 0.407 e. The minimum Gasteiger partial charge on any atom is -0.467 e. The molecule has 0 spiro atoms. The van der Waals surface area contributed by atoms with Crippen LogP contribution in [-0.2, 0) is 36.8 Å². The van der Waals surface area contributed by atoms with Crippen LogP contribution in [0.15, 0.2) is 42.6 Å². The zero-order valence-electron chi connectivity index (χ0n) is 22.5. The van der Waals surface area contributed by atoms with Gasteiger partial charge in [0, 0.05) is 30.2 Å². The lowest BCUT2D eigenvalue weighted by atomic mass is 10.1. The molecule has 3 amide bonds. The van der Waals surface area contributed by atoms with Gasteiger partial charge in [-0.25, -0.2) is 9.59 Å². The number of hydrogen-bond donors (Lipinski definition) is 3. The molecule has 0 radical (unpaired) electrons. The van der Waals surface area contributed by atoms with Crippen LogP contribution in [0.25, 0.3) is 10.9 Å². The number of benzene rings is 1. The van der Waals surface area contributed by atoms with Crippen LogP contribution in [0.5, 0.6) is 0 Å². The van der Waals surface area contributed by atoms with Crippen LogP contribution in [0, 0.1) is 0 Å². The molecule has 1 aromatic heterocycles. The van der Waals surface area contributed by atoms with Gasteiger partial charge in [-0.3, -0.25) is 9.59 Å². The quantitative estimate of drug-likeness (QED) is 0.302. The van der Waals surface area contributed by atoms with Gasteiger partial charge in [0.25, 0.3) is 0 Å². The minimum absolute atomic E-state index is 0.113. The van der Waals surface area contributed by atoms with Gasteiger partial charge < -0.3 is 30.0 Å². The Kier molecular flexibility index (Phi) is 9.92. The monoisotopic (exact) mass is 526 g/mol. The fourth-order valence-corrected chi connectivity index (χ4v) is 4.33. The predicted octanol–water partition coefficient (Wildman–Crippen LogP) is 2.98. The first-order valence-electron chi connectivity index (χ1n) is 12.9. The van der Waals surface area contributed by atoms with E-state index in [2.05, 4.69) is 20.5 Å². The highest BCUT2D eigenvalue weighted by Gasteiger charge is 2.27. The van der Waals surface area contributed by atoms with Crippen molar-refractivity contribution in [2.45, 2.75) is 77.1 Å².